The minimum absolute atomic E-state index is 0.160. The molecule has 110 valence electrons. The monoisotopic (exact) mass is 282 g/mol. The molecule has 0 spiro atoms. The Bertz CT molecular complexity index is 315. The van der Waals surface area contributed by atoms with Crippen molar-refractivity contribution in [2.45, 2.75) is 77.2 Å². The lowest BCUT2D eigenvalue weighted by Crippen LogP contribution is -2.25. The molecule has 0 saturated heterocycles. The van der Waals surface area contributed by atoms with Crippen molar-refractivity contribution >= 4 is 13.9 Å². The normalized spacial score (nSPS) is 25.8. The summed E-state index contributed by atoms with van der Waals surface area (Å²) >= 11 is 0. The van der Waals surface area contributed by atoms with Crippen molar-refractivity contribution in [1.82, 2.24) is 0 Å². The van der Waals surface area contributed by atoms with Crippen molar-refractivity contribution in [2.75, 3.05) is 6.61 Å². The third kappa shape index (κ3) is 7.07. The van der Waals surface area contributed by atoms with E-state index in [0.29, 0.717) is 18.8 Å². The Hall–Kier alpha value is -0.413. The van der Waals surface area contributed by atoms with Gasteiger partial charge in [-0.15, -0.1) is 0 Å². The molecule has 0 N–H and O–H groups in total. The average molecular weight is 282 g/mol. The van der Waals surface area contributed by atoms with Crippen LogP contribution in [0.15, 0.2) is 11.6 Å². The fourth-order valence-electron chi connectivity index (χ4n) is 2.73. The Kier molecular flexibility index (Phi) is 7.01. The van der Waals surface area contributed by atoms with Gasteiger partial charge in [0.25, 0.3) is 0 Å². The maximum Gasteiger partial charge on any atom is 0.161 e. The van der Waals surface area contributed by atoms with Gasteiger partial charge in [-0.3, -0.25) is 4.79 Å². The molecular weight excluding hydrogens is 252 g/mol. The van der Waals surface area contributed by atoms with Gasteiger partial charge in [0.1, 0.15) is 6.10 Å². The van der Waals surface area contributed by atoms with E-state index in [1.54, 1.807) is 5.57 Å². The molecule has 1 aliphatic carbocycles. The first-order valence-corrected chi connectivity index (χ1v) is 11.5. The number of Topliss-reactive ketones (excluding diaryl/α,β-unsaturated/α-hetero) is 1. The van der Waals surface area contributed by atoms with Crippen LogP contribution in [0.2, 0.25) is 25.7 Å². The van der Waals surface area contributed by atoms with E-state index in [1.807, 2.05) is 6.92 Å². The van der Waals surface area contributed by atoms with E-state index in [-0.39, 0.29) is 6.10 Å². The van der Waals surface area contributed by atoms with Crippen LogP contribution in [0, 0.1) is 0 Å². The van der Waals surface area contributed by atoms with Gasteiger partial charge in [-0.2, -0.15) is 0 Å². The van der Waals surface area contributed by atoms with Crippen LogP contribution in [0.3, 0.4) is 0 Å². The molecular formula is C16H30O2Si. The molecule has 0 fully saturated rings. The van der Waals surface area contributed by atoms with Crippen LogP contribution in [0.25, 0.3) is 0 Å². The second kappa shape index (κ2) is 8.00. The number of hydrogen-bond acceptors (Lipinski definition) is 2. The summed E-state index contributed by atoms with van der Waals surface area (Å²) in [6.45, 7) is 9.90. The Labute approximate surface area is 119 Å². The van der Waals surface area contributed by atoms with Gasteiger partial charge in [0.05, 0.1) is 0 Å². The lowest BCUT2D eigenvalue weighted by Gasteiger charge is -2.21. The summed E-state index contributed by atoms with van der Waals surface area (Å²) in [5.74, 6) is 0.309. The summed E-state index contributed by atoms with van der Waals surface area (Å²) in [5.41, 5.74) is 1.63. The molecule has 0 heterocycles. The zero-order valence-electron chi connectivity index (χ0n) is 13.1. The second-order valence-electron chi connectivity index (χ2n) is 6.79. The van der Waals surface area contributed by atoms with Gasteiger partial charge in [0.15, 0.2) is 5.78 Å². The molecule has 19 heavy (non-hydrogen) atoms. The van der Waals surface area contributed by atoms with Crippen LogP contribution in [0.1, 0.15) is 45.4 Å². The van der Waals surface area contributed by atoms with Crippen molar-refractivity contribution in [2.24, 2.45) is 0 Å². The fraction of sp³-hybridized carbons (Fsp3) is 0.812. The SMILES string of the molecule is CCOC1CC/C=C(\C[Si](C)(C)C)CCCCC1=O. The highest BCUT2D eigenvalue weighted by Crippen LogP contribution is 2.24. The highest BCUT2D eigenvalue weighted by molar-refractivity contribution is 6.76. The fourth-order valence-corrected chi connectivity index (χ4v) is 4.42. The Morgan fingerprint density at radius 2 is 1.95 bits per heavy atom. The molecule has 0 aromatic carbocycles. The van der Waals surface area contributed by atoms with E-state index in [4.69, 9.17) is 4.74 Å². The average Bonchev–Trinajstić information content (AvgIpc) is 2.30. The quantitative estimate of drug-likeness (QED) is 0.557. The van der Waals surface area contributed by atoms with E-state index < -0.39 is 8.07 Å². The molecule has 1 rings (SSSR count). The molecule has 3 heteroatoms. The van der Waals surface area contributed by atoms with Crippen molar-refractivity contribution in [3.05, 3.63) is 11.6 Å². The number of allylic oxidation sites excluding steroid dienone is 2. The molecule has 0 aromatic heterocycles. The van der Waals surface area contributed by atoms with Crippen molar-refractivity contribution < 1.29 is 9.53 Å². The predicted octanol–water partition coefficient (Wildman–Crippen LogP) is 4.58. The lowest BCUT2D eigenvalue weighted by atomic mass is 9.98. The van der Waals surface area contributed by atoms with Crippen molar-refractivity contribution in [3.63, 3.8) is 0 Å². The number of hydrogen-bond donors (Lipinski definition) is 0. The standard InChI is InChI=1S/C16H30O2Si/c1-5-18-16-12-8-10-14(13-19(2,3)4)9-6-7-11-15(16)17/h10,16H,5-9,11-13H2,1-4H3/b14-10-. The maximum absolute atomic E-state index is 12.0. The lowest BCUT2D eigenvalue weighted by molar-refractivity contribution is -0.130. The third-order valence-electron chi connectivity index (χ3n) is 3.52. The van der Waals surface area contributed by atoms with E-state index in [9.17, 15) is 4.79 Å². The molecule has 0 radical (unpaired) electrons. The van der Waals surface area contributed by atoms with E-state index >= 15 is 0 Å². The Morgan fingerprint density at radius 3 is 2.58 bits per heavy atom. The maximum atomic E-state index is 12.0. The summed E-state index contributed by atoms with van der Waals surface area (Å²) in [6.07, 6.45) is 8.15. The molecule has 1 atom stereocenters. The molecule has 2 nitrogen and oxygen atoms in total. The van der Waals surface area contributed by atoms with Crippen molar-refractivity contribution in [3.8, 4) is 0 Å². The Morgan fingerprint density at radius 1 is 1.26 bits per heavy atom. The molecule has 1 unspecified atom stereocenters. The highest BCUT2D eigenvalue weighted by atomic mass is 28.3. The molecule has 0 saturated carbocycles. The van der Waals surface area contributed by atoms with Crippen LogP contribution in [0.4, 0.5) is 0 Å². The summed E-state index contributed by atoms with van der Waals surface area (Å²) in [7, 11) is -1.02. The predicted molar refractivity (Wildman–Crippen MR) is 84.4 cm³/mol. The zero-order chi connectivity index (χ0) is 14.3. The smallest absolute Gasteiger partial charge is 0.161 e. The van der Waals surface area contributed by atoms with E-state index in [2.05, 4.69) is 25.7 Å². The number of ether oxygens (including phenoxy) is 1. The van der Waals surface area contributed by atoms with Crippen molar-refractivity contribution in [1.29, 1.82) is 0 Å². The minimum atomic E-state index is -1.02. The number of carbonyl (C=O) groups is 1. The molecule has 0 bridgehead atoms. The molecule has 0 amide bonds. The molecule has 1 aliphatic rings. The van der Waals surface area contributed by atoms with Gasteiger partial charge in [0.2, 0.25) is 0 Å². The largest absolute Gasteiger partial charge is 0.371 e. The van der Waals surface area contributed by atoms with Crippen LogP contribution < -0.4 is 0 Å². The van der Waals surface area contributed by atoms with Gasteiger partial charge in [0, 0.05) is 21.1 Å². The van der Waals surface area contributed by atoms with Crippen LogP contribution in [0.5, 0.6) is 0 Å². The number of rotatable bonds is 4. The summed E-state index contributed by atoms with van der Waals surface area (Å²) < 4.78 is 5.59. The van der Waals surface area contributed by atoms with Gasteiger partial charge in [-0.25, -0.2) is 0 Å². The first-order valence-electron chi connectivity index (χ1n) is 7.74. The van der Waals surface area contributed by atoms with E-state index in [0.717, 1.165) is 25.7 Å². The first-order chi connectivity index (χ1) is 8.92. The van der Waals surface area contributed by atoms with Crippen LogP contribution >= 0.6 is 0 Å². The minimum Gasteiger partial charge on any atom is -0.371 e. The number of ketones is 1. The summed E-state index contributed by atoms with van der Waals surface area (Å²) in [6, 6.07) is 1.31. The highest BCUT2D eigenvalue weighted by Gasteiger charge is 2.20. The third-order valence-corrected chi connectivity index (χ3v) is 5.03. The molecule has 0 aliphatic heterocycles. The Balaban J connectivity index is 2.64. The first kappa shape index (κ1) is 16.6. The van der Waals surface area contributed by atoms with Gasteiger partial charge in [-0.1, -0.05) is 31.3 Å². The van der Waals surface area contributed by atoms with Crippen LogP contribution in [-0.2, 0) is 9.53 Å². The zero-order valence-corrected chi connectivity index (χ0v) is 14.1. The van der Waals surface area contributed by atoms with Crippen LogP contribution in [-0.4, -0.2) is 26.6 Å². The van der Waals surface area contributed by atoms with E-state index in [1.165, 1.54) is 12.5 Å². The summed E-state index contributed by atoms with van der Waals surface area (Å²) in [4.78, 5) is 12.0. The number of carbonyl (C=O) groups excluding carboxylic acids is 1. The van der Waals surface area contributed by atoms with Gasteiger partial charge in [-0.05, 0) is 45.1 Å². The molecule has 0 aromatic rings. The topological polar surface area (TPSA) is 26.3 Å². The van der Waals surface area contributed by atoms with Gasteiger partial charge < -0.3 is 4.74 Å². The second-order valence-corrected chi connectivity index (χ2v) is 12.3. The van der Waals surface area contributed by atoms with Gasteiger partial charge >= 0.3 is 0 Å². The summed E-state index contributed by atoms with van der Waals surface area (Å²) in [5, 5.41) is 0.